The Labute approximate surface area is 202 Å². The summed E-state index contributed by atoms with van der Waals surface area (Å²) in [5.74, 6) is 0. The van der Waals surface area contributed by atoms with Gasteiger partial charge in [0.05, 0.1) is 5.69 Å². The van der Waals surface area contributed by atoms with Gasteiger partial charge >= 0.3 is 0 Å². The predicted octanol–water partition coefficient (Wildman–Crippen LogP) is 6.81. The van der Waals surface area contributed by atoms with Crippen molar-refractivity contribution in [3.05, 3.63) is 82.6 Å². The largest absolute Gasteiger partial charge is 0.370 e. The smallest absolute Gasteiger partial charge is 0.0632 e. The third-order valence-corrected chi connectivity index (χ3v) is 7.46. The van der Waals surface area contributed by atoms with Crippen molar-refractivity contribution in [2.24, 2.45) is 0 Å². The van der Waals surface area contributed by atoms with E-state index in [-0.39, 0.29) is 0 Å². The summed E-state index contributed by atoms with van der Waals surface area (Å²) in [6.45, 7) is 5.93. The number of hydrogen-bond acceptors (Lipinski definition) is 3. The van der Waals surface area contributed by atoms with Gasteiger partial charge in [-0.2, -0.15) is 0 Å². The number of likely N-dealkylation sites (N-methyl/N-ethyl adjacent to an activating group) is 1. The lowest BCUT2D eigenvalue weighted by Crippen LogP contribution is -2.44. The number of nitrogens with zero attached hydrogens (tertiary/aromatic N) is 3. The molecule has 0 N–H and O–H groups in total. The topological polar surface area (TPSA) is 19.4 Å². The molecule has 1 unspecified atom stereocenters. The summed E-state index contributed by atoms with van der Waals surface area (Å²) in [4.78, 5) is 9.83. The number of fused-ring (bicyclic) bond motifs is 1. The summed E-state index contributed by atoms with van der Waals surface area (Å²) in [6, 6.07) is 19.7. The van der Waals surface area contributed by atoms with Gasteiger partial charge in [-0.25, -0.2) is 0 Å². The van der Waals surface area contributed by atoms with Gasteiger partial charge in [-0.15, -0.1) is 0 Å². The highest BCUT2D eigenvalue weighted by atomic mass is 35.5. The van der Waals surface area contributed by atoms with Crippen LogP contribution in [-0.4, -0.2) is 42.6 Å². The van der Waals surface area contributed by atoms with E-state index in [1.54, 1.807) is 0 Å². The van der Waals surface area contributed by atoms with Crippen LogP contribution < -0.4 is 4.90 Å². The first-order valence-electron chi connectivity index (χ1n) is 12.1. The van der Waals surface area contributed by atoms with Gasteiger partial charge in [0.15, 0.2) is 0 Å². The second kappa shape index (κ2) is 9.70. The normalized spacial score (nSPS) is 19.1. The second-order valence-corrected chi connectivity index (χ2v) is 9.90. The SMILES string of the molecule is CC(=Cc1ccc(-c2ccc(Cl)cc2)cn1)c1ccc2c(c1)CCC(CN1CCCC1)N2C. The van der Waals surface area contributed by atoms with Crippen molar-refractivity contribution in [1.82, 2.24) is 9.88 Å². The molecule has 1 aromatic heterocycles. The van der Waals surface area contributed by atoms with Crippen molar-refractivity contribution in [3.63, 3.8) is 0 Å². The maximum Gasteiger partial charge on any atom is 0.0632 e. The molecule has 3 heterocycles. The van der Waals surface area contributed by atoms with Crippen LogP contribution in [0.3, 0.4) is 0 Å². The number of benzene rings is 2. The van der Waals surface area contributed by atoms with Crippen molar-refractivity contribution in [2.75, 3.05) is 31.6 Å². The number of halogens is 1. The van der Waals surface area contributed by atoms with E-state index < -0.39 is 0 Å². The molecule has 0 amide bonds. The molecule has 3 aromatic rings. The lowest BCUT2D eigenvalue weighted by atomic mass is 9.92. The number of hydrogen-bond donors (Lipinski definition) is 0. The lowest BCUT2D eigenvalue weighted by molar-refractivity contribution is 0.300. The molecule has 33 heavy (non-hydrogen) atoms. The molecule has 2 aliphatic rings. The number of allylic oxidation sites excluding steroid dienone is 1. The molecule has 5 rings (SSSR count). The van der Waals surface area contributed by atoms with Crippen LogP contribution in [0, 0.1) is 0 Å². The summed E-state index contributed by atoms with van der Waals surface area (Å²) in [5, 5.41) is 0.750. The third kappa shape index (κ3) is 5.00. The highest BCUT2D eigenvalue weighted by Gasteiger charge is 2.26. The molecule has 0 saturated carbocycles. The minimum absolute atomic E-state index is 0.626. The van der Waals surface area contributed by atoms with E-state index in [0.29, 0.717) is 6.04 Å². The molecule has 4 heteroatoms. The maximum absolute atomic E-state index is 6.01. The fourth-order valence-electron chi connectivity index (χ4n) is 5.17. The zero-order valence-electron chi connectivity index (χ0n) is 19.6. The number of aromatic nitrogens is 1. The van der Waals surface area contributed by atoms with Crippen LogP contribution in [0.4, 0.5) is 5.69 Å². The standard InChI is InChI=1S/C29H32ClN3/c1-21(17-27-12-7-25(19-31-27)22-5-10-26(30)11-6-22)23-9-14-29-24(18-23)8-13-28(32(29)2)20-33-15-3-4-16-33/h5-7,9-12,14,17-19,28H,3-4,8,13,15-16,20H2,1-2H3. The van der Waals surface area contributed by atoms with E-state index in [1.807, 2.05) is 30.5 Å². The third-order valence-electron chi connectivity index (χ3n) is 7.21. The van der Waals surface area contributed by atoms with Crippen molar-refractivity contribution < 1.29 is 0 Å². The van der Waals surface area contributed by atoms with E-state index in [1.165, 1.54) is 61.3 Å². The van der Waals surface area contributed by atoms with Crippen LogP contribution >= 0.6 is 11.6 Å². The number of aryl methyl sites for hydroxylation is 1. The molecule has 170 valence electrons. The Bertz CT molecular complexity index is 1130. The summed E-state index contributed by atoms with van der Waals surface area (Å²) < 4.78 is 0. The average molecular weight is 458 g/mol. The van der Waals surface area contributed by atoms with Crippen LogP contribution in [0.5, 0.6) is 0 Å². The zero-order valence-corrected chi connectivity index (χ0v) is 20.4. The molecule has 3 nitrogen and oxygen atoms in total. The van der Waals surface area contributed by atoms with Crippen LogP contribution in [0.2, 0.25) is 5.02 Å². The van der Waals surface area contributed by atoms with Crippen molar-refractivity contribution in [2.45, 2.75) is 38.6 Å². The molecule has 2 aliphatic heterocycles. The van der Waals surface area contributed by atoms with Crippen molar-refractivity contribution in [1.29, 1.82) is 0 Å². The quantitative estimate of drug-likeness (QED) is 0.419. The first-order chi connectivity index (χ1) is 16.1. The van der Waals surface area contributed by atoms with Crippen LogP contribution in [0.15, 0.2) is 60.8 Å². The molecule has 0 spiro atoms. The summed E-state index contributed by atoms with van der Waals surface area (Å²) in [6.07, 6.45) is 9.23. The Morgan fingerprint density at radius 2 is 1.79 bits per heavy atom. The van der Waals surface area contributed by atoms with E-state index in [2.05, 4.69) is 65.2 Å². The van der Waals surface area contributed by atoms with Crippen LogP contribution in [0.1, 0.15) is 43.0 Å². The summed E-state index contributed by atoms with van der Waals surface area (Å²) >= 11 is 6.01. The Morgan fingerprint density at radius 3 is 2.52 bits per heavy atom. The predicted molar refractivity (Wildman–Crippen MR) is 141 cm³/mol. The summed E-state index contributed by atoms with van der Waals surface area (Å²) in [7, 11) is 2.27. The molecular weight excluding hydrogens is 426 g/mol. The van der Waals surface area contributed by atoms with Crippen LogP contribution in [-0.2, 0) is 6.42 Å². The highest BCUT2D eigenvalue weighted by molar-refractivity contribution is 6.30. The van der Waals surface area contributed by atoms with Gasteiger partial charge in [-0.05, 0) is 104 Å². The van der Waals surface area contributed by atoms with Crippen LogP contribution in [0.25, 0.3) is 22.8 Å². The molecule has 1 atom stereocenters. The molecule has 1 fully saturated rings. The van der Waals surface area contributed by atoms with Gasteiger partial charge in [-0.3, -0.25) is 4.98 Å². The maximum atomic E-state index is 6.01. The summed E-state index contributed by atoms with van der Waals surface area (Å²) in [5.41, 5.74) is 8.59. The highest BCUT2D eigenvalue weighted by Crippen LogP contribution is 2.33. The first kappa shape index (κ1) is 22.2. The Kier molecular flexibility index (Phi) is 6.52. The number of rotatable bonds is 5. The molecule has 0 bridgehead atoms. The molecule has 0 radical (unpaired) electrons. The monoisotopic (exact) mass is 457 g/mol. The van der Waals surface area contributed by atoms with E-state index in [4.69, 9.17) is 11.6 Å². The minimum Gasteiger partial charge on any atom is -0.370 e. The lowest BCUT2D eigenvalue weighted by Gasteiger charge is -2.38. The van der Waals surface area contributed by atoms with Gasteiger partial charge in [-0.1, -0.05) is 35.9 Å². The minimum atomic E-state index is 0.626. The first-order valence-corrected chi connectivity index (χ1v) is 12.4. The molecule has 0 aliphatic carbocycles. The average Bonchev–Trinajstić information content (AvgIpc) is 3.35. The van der Waals surface area contributed by atoms with Gasteiger partial charge in [0.1, 0.15) is 0 Å². The fourth-order valence-corrected chi connectivity index (χ4v) is 5.30. The second-order valence-electron chi connectivity index (χ2n) is 9.46. The van der Waals surface area contributed by atoms with E-state index in [9.17, 15) is 0 Å². The van der Waals surface area contributed by atoms with Crippen molar-refractivity contribution >= 4 is 28.9 Å². The Hall–Kier alpha value is -2.62. The van der Waals surface area contributed by atoms with Gasteiger partial charge in [0.25, 0.3) is 0 Å². The fraction of sp³-hybridized carbons (Fsp3) is 0.345. The van der Waals surface area contributed by atoms with Crippen molar-refractivity contribution in [3.8, 4) is 11.1 Å². The van der Waals surface area contributed by atoms with E-state index in [0.717, 1.165) is 28.3 Å². The Balaban J connectivity index is 1.30. The molecular formula is C29H32ClN3. The van der Waals surface area contributed by atoms with Gasteiger partial charge in [0, 0.05) is 42.1 Å². The van der Waals surface area contributed by atoms with Gasteiger partial charge < -0.3 is 9.80 Å². The number of anilines is 1. The number of pyridine rings is 1. The molecule has 2 aromatic carbocycles. The zero-order chi connectivity index (χ0) is 22.8. The van der Waals surface area contributed by atoms with Gasteiger partial charge in [0.2, 0.25) is 0 Å². The number of likely N-dealkylation sites (tertiary alicyclic amines) is 1. The van der Waals surface area contributed by atoms with E-state index >= 15 is 0 Å². The Morgan fingerprint density at radius 1 is 1.03 bits per heavy atom. The molecule has 1 saturated heterocycles.